The SMILES string of the molecule is Cc1nc(C(=O)Nc2nc(Cl)ccc2Cl)nn1-c1ccc(Cl)cc1. The number of nitrogens with zero attached hydrogens (tertiary/aromatic N) is 4. The molecule has 0 atom stereocenters. The van der Waals surface area contributed by atoms with E-state index in [2.05, 4.69) is 20.4 Å². The number of anilines is 1. The van der Waals surface area contributed by atoms with Gasteiger partial charge in [0.1, 0.15) is 11.0 Å². The molecule has 0 spiro atoms. The summed E-state index contributed by atoms with van der Waals surface area (Å²) < 4.78 is 1.54. The molecule has 2 heterocycles. The van der Waals surface area contributed by atoms with Gasteiger partial charge in [-0.25, -0.2) is 14.6 Å². The van der Waals surface area contributed by atoms with Gasteiger partial charge in [0, 0.05) is 5.02 Å². The number of nitrogens with one attached hydrogen (secondary N) is 1. The van der Waals surface area contributed by atoms with Crippen molar-refractivity contribution in [1.82, 2.24) is 19.7 Å². The van der Waals surface area contributed by atoms with Crippen molar-refractivity contribution in [2.45, 2.75) is 6.92 Å². The average Bonchev–Trinajstić information content (AvgIpc) is 2.94. The Labute approximate surface area is 152 Å². The minimum atomic E-state index is -0.539. The summed E-state index contributed by atoms with van der Waals surface area (Å²) in [5.41, 5.74) is 0.738. The van der Waals surface area contributed by atoms with Crippen LogP contribution in [0.1, 0.15) is 16.4 Å². The number of amides is 1. The summed E-state index contributed by atoms with van der Waals surface area (Å²) in [6.45, 7) is 1.74. The molecular weight excluding hydrogens is 373 g/mol. The van der Waals surface area contributed by atoms with Crippen molar-refractivity contribution in [2.24, 2.45) is 0 Å². The van der Waals surface area contributed by atoms with Crippen molar-refractivity contribution in [1.29, 1.82) is 0 Å². The molecule has 0 aliphatic heterocycles. The smallest absolute Gasteiger partial charge is 0.296 e. The van der Waals surface area contributed by atoms with Gasteiger partial charge in [-0.05, 0) is 43.3 Å². The van der Waals surface area contributed by atoms with Crippen LogP contribution in [0.2, 0.25) is 15.2 Å². The summed E-state index contributed by atoms with van der Waals surface area (Å²) in [5.74, 6) is 0.144. The zero-order valence-electron chi connectivity index (χ0n) is 12.3. The number of carbonyl (C=O) groups excluding carboxylic acids is 1. The predicted octanol–water partition coefficient (Wildman–Crippen LogP) is 4.18. The molecule has 3 rings (SSSR count). The third-order valence-corrected chi connectivity index (χ3v) is 3.85. The molecule has 0 saturated carbocycles. The Bertz CT molecular complexity index is 908. The van der Waals surface area contributed by atoms with Crippen LogP contribution in [-0.2, 0) is 0 Å². The summed E-state index contributed by atoms with van der Waals surface area (Å²) in [5, 5.41) is 7.83. The number of hydrogen-bond donors (Lipinski definition) is 1. The maximum atomic E-state index is 12.3. The van der Waals surface area contributed by atoms with E-state index in [9.17, 15) is 4.79 Å². The molecule has 1 aromatic carbocycles. The lowest BCUT2D eigenvalue weighted by Crippen LogP contribution is -2.15. The first-order valence-electron chi connectivity index (χ1n) is 6.77. The first kappa shape index (κ1) is 16.7. The lowest BCUT2D eigenvalue weighted by molar-refractivity contribution is 0.101. The second-order valence-corrected chi connectivity index (χ2v) is 6.02. The third kappa shape index (κ3) is 3.51. The van der Waals surface area contributed by atoms with E-state index in [0.29, 0.717) is 10.8 Å². The van der Waals surface area contributed by atoms with E-state index in [1.54, 1.807) is 31.2 Å². The lowest BCUT2D eigenvalue weighted by atomic mass is 10.3. The average molecular weight is 383 g/mol. The highest BCUT2D eigenvalue weighted by Crippen LogP contribution is 2.22. The highest BCUT2D eigenvalue weighted by atomic mass is 35.5. The Morgan fingerprint density at radius 2 is 1.75 bits per heavy atom. The van der Waals surface area contributed by atoms with Crippen molar-refractivity contribution in [3.05, 3.63) is 63.2 Å². The Hall–Kier alpha value is -2.15. The van der Waals surface area contributed by atoms with E-state index < -0.39 is 5.91 Å². The van der Waals surface area contributed by atoms with Crippen molar-refractivity contribution < 1.29 is 4.79 Å². The van der Waals surface area contributed by atoms with Gasteiger partial charge in [-0.15, -0.1) is 5.10 Å². The van der Waals surface area contributed by atoms with Gasteiger partial charge in [-0.2, -0.15) is 0 Å². The number of halogens is 3. The Kier molecular flexibility index (Phi) is 4.71. The van der Waals surface area contributed by atoms with E-state index in [1.165, 1.54) is 16.8 Å². The summed E-state index contributed by atoms with van der Waals surface area (Å²) in [6.07, 6.45) is 0. The third-order valence-electron chi connectivity index (χ3n) is 3.09. The quantitative estimate of drug-likeness (QED) is 0.690. The van der Waals surface area contributed by atoms with Crippen molar-refractivity contribution in [2.75, 3.05) is 5.32 Å². The van der Waals surface area contributed by atoms with Crippen LogP contribution in [0.25, 0.3) is 5.69 Å². The molecule has 0 fully saturated rings. The fourth-order valence-corrected chi connectivity index (χ4v) is 2.41. The molecule has 6 nitrogen and oxygen atoms in total. The summed E-state index contributed by atoms with van der Waals surface area (Å²) in [7, 11) is 0. The van der Waals surface area contributed by atoms with E-state index in [0.717, 1.165) is 5.69 Å². The highest BCUT2D eigenvalue weighted by molar-refractivity contribution is 6.34. The van der Waals surface area contributed by atoms with Crippen LogP contribution < -0.4 is 5.32 Å². The number of benzene rings is 1. The fourth-order valence-electron chi connectivity index (χ4n) is 1.98. The van der Waals surface area contributed by atoms with Crippen molar-refractivity contribution >= 4 is 46.5 Å². The molecule has 0 radical (unpaired) electrons. The van der Waals surface area contributed by atoms with Gasteiger partial charge in [-0.1, -0.05) is 34.8 Å². The molecule has 1 N–H and O–H groups in total. The van der Waals surface area contributed by atoms with Crippen LogP contribution in [0.5, 0.6) is 0 Å². The van der Waals surface area contributed by atoms with Crippen molar-refractivity contribution in [3.8, 4) is 5.69 Å². The monoisotopic (exact) mass is 381 g/mol. The molecule has 0 unspecified atom stereocenters. The molecule has 0 saturated heterocycles. The van der Waals surface area contributed by atoms with Gasteiger partial charge in [0.25, 0.3) is 5.91 Å². The van der Waals surface area contributed by atoms with E-state index >= 15 is 0 Å². The second-order valence-electron chi connectivity index (χ2n) is 4.79. The van der Waals surface area contributed by atoms with E-state index in [-0.39, 0.29) is 21.8 Å². The number of aromatic nitrogens is 4. The van der Waals surface area contributed by atoms with Gasteiger partial charge in [0.2, 0.25) is 5.82 Å². The van der Waals surface area contributed by atoms with Crippen LogP contribution in [-0.4, -0.2) is 25.7 Å². The predicted molar refractivity (Wildman–Crippen MR) is 93.3 cm³/mol. The number of pyridine rings is 1. The summed E-state index contributed by atoms with van der Waals surface area (Å²) in [6, 6.07) is 10.1. The van der Waals surface area contributed by atoms with Crippen LogP contribution in [0.15, 0.2) is 36.4 Å². The van der Waals surface area contributed by atoms with Crippen LogP contribution in [0, 0.1) is 6.92 Å². The first-order chi connectivity index (χ1) is 11.4. The van der Waals surface area contributed by atoms with Crippen LogP contribution >= 0.6 is 34.8 Å². The fraction of sp³-hybridized carbons (Fsp3) is 0.0667. The summed E-state index contributed by atoms with van der Waals surface area (Å²) in [4.78, 5) is 20.4. The number of carbonyl (C=O) groups is 1. The molecule has 0 aliphatic carbocycles. The molecule has 9 heteroatoms. The number of aryl methyl sites for hydroxylation is 1. The van der Waals surface area contributed by atoms with E-state index in [4.69, 9.17) is 34.8 Å². The van der Waals surface area contributed by atoms with Crippen LogP contribution in [0.4, 0.5) is 5.82 Å². The second kappa shape index (κ2) is 6.76. The molecule has 0 bridgehead atoms. The largest absolute Gasteiger partial charge is 0.302 e. The van der Waals surface area contributed by atoms with E-state index in [1.807, 2.05) is 0 Å². The Morgan fingerprint density at radius 1 is 1.04 bits per heavy atom. The molecule has 3 aromatic rings. The normalized spacial score (nSPS) is 10.7. The van der Waals surface area contributed by atoms with Crippen molar-refractivity contribution in [3.63, 3.8) is 0 Å². The topological polar surface area (TPSA) is 72.7 Å². The molecule has 122 valence electrons. The zero-order valence-corrected chi connectivity index (χ0v) is 14.6. The van der Waals surface area contributed by atoms with Gasteiger partial charge >= 0.3 is 0 Å². The van der Waals surface area contributed by atoms with Gasteiger partial charge in [0.15, 0.2) is 5.82 Å². The Balaban J connectivity index is 1.87. The minimum Gasteiger partial charge on any atom is -0.302 e. The van der Waals surface area contributed by atoms with Crippen LogP contribution in [0.3, 0.4) is 0 Å². The minimum absolute atomic E-state index is 0.0136. The zero-order chi connectivity index (χ0) is 17.3. The summed E-state index contributed by atoms with van der Waals surface area (Å²) >= 11 is 17.7. The van der Waals surface area contributed by atoms with Gasteiger partial charge < -0.3 is 5.32 Å². The maximum absolute atomic E-state index is 12.3. The standard InChI is InChI=1S/C15H10Cl3N5O/c1-8-19-14(22-23(8)10-4-2-9(16)3-5-10)15(24)21-13-11(17)6-7-12(18)20-13/h2-7H,1H3,(H,20,21,24). The lowest BCUT2D eigenvalue weighted by Gasteiger charge is -2.04. The van der Waals surface area contributed by atoms with Gasteiger partial charge in [-0.3, -0.25) is 4.79 Å². The Morgan fingerprint density at radius 3 is 2.46 bits per heavy atom. The molecule has 1 amide bonds. The number of hydrogen-bond acceptors (Lipinski definition) is 4. The molecular formula is C15H10Cl3N5O. The maximum Gasteiger partial charge on any atom is 0.296 e. The molecule has 0 aliphatic rings. The number of rotatable bonds is 3. The van der Waals surface area contributed by atoms with Gasteiger partial charge in [0.05, 0.1) is 10.7 Å². The molecule has 2 aromatic heterocycles. The first-order valence-corrected chi connectivity index (χ1v) is 7.90. The highest BCUT2D eigenvalue weighted by Gasteiger charge is 2.17. The molecule has 24 heavy (non-hydrogen) atoms.